The summed E-state index contributed by atoms with van der Waals surface area (Å²) in [4.78, 5) is 11.7. The number of thioether (sulfide) groups is 1. The van der Waals surface area contributed by atoms with Gasteiger partial charge in [-0.05, 0) is 35.4 Å². The number of nitrogens with one attached hydrogen (secondary N) is 1. The monoisotopic (exact) mass is 337 g/mol. The van der Waals surface area contributed by atoms with Gasteiger partial charge in [0.05, 0.1) is 12.9 Å². The van der Waals surface area contributed by atoms with Crippen LogP contribution in [0.25, 0.3) is 0 Å². The second-order valence-electron chi connectivity index (χ2n) is 4.86. The van der Waals surface area contributed by atoms with Gasteiger partial charge < -0.3 is 10.1 Å². The molecule has 1 amide bonds. The van der Waals surface area contributed by atoms with Crippen LogP contribution in [0.4, 0.5) is 8.78 Å². The Labute approximate surface area is 138 Å². The van der Waals surface area contributed by atoms with E-state index in [1.165, 1.54) is 37.1 Å². The molecule has 122 valence electrons. The van der Waals surface area contributed by atoms with E-state index in [0.29, 0.717) is 12.3 Å². The summed E-state index contributed by atoms with van der Waals surface area (Å²) in [5.74, 6) is 0.178. The molecular formula is C17H17F2NO2S. The number of hydrogen-bond acceptors (Lipinski definition) is 3. The van der Waals surface area contributed by atoms with Crippen LogP contribution < -0.4 is 10.1 Å². The van der Waals surface area contributed by atoms with E-state index in [-0.39, 0.29) is 23.2 Å². The average Bonchev–Trinajstić information content (AvgIpc) is 2.54. The number of carbonyl (C=O) groups is 1. The lowest BCUT2D eigenvalue weighted by molar-refractivity contribution is -0.118. The van der Waals surface area contributed by atoms with Crippen molar-refractivity contribution in [1.82, 2.24) is 5.32 Å². The lowest BCUT2D eigenvalue weighted by atomic mass is 10.2. The molecule has 0 atom stereocenters. The van der Waals surface area contributed by atoms with Crippen LogP contribution in [0.15, 0.2) is 42.5 Å². The maximum absolute atomic E-state index is 13.5. The van der Waals surface area contributed by atoms with Gasteiger partial charge in [-0.1, -0.05) is 18.2 Å². The predicted molar refractivity (Wildman–Crippen MR) is 87.4 cm³/mol. The molecular weight excluding hydrogens is 320 g/mol. The molecule has 0 spiro atoms. The van der Waals surface area contributed by atoms with Crippen LogP contribution in [-0.4, -0.2) is 18.8 Å². The standard InChI is InChI=1S/C17H17F2NO2S/c1-22-16-7-4-13(8-15(16)19)10-23-11-17(21)20-9-12-2-5-14(18)6-3-12/h2-8H,9-11H2,1H3,(H,20,21). The highest BCUT2D eigenvalue weighted by Crippen LogP contribution is 2.20. The van der Waals surface area contributed by atoms with Gasteiger partial charge in [-0.25, -0.2) is 8.78 Å². The summed E-state index contributed by atoms with van der Waals surface area (Å²) in [5.41, 5.74) is 1.63. The molecule has 0 bridgehead atoms. The van der Waals surface area contributed by atoms with E-state index in [1.807, 2.05) is 0 Å². The molecule has 0 heterocycles. The van der Waals surface area contributed by atoms with E-state index >= 15 is 0 Å². The van der Waals surface area contributed by atoms with Gasteiger partial charge in [0.2, 0.25) is 5.91 Å². The highest BCUT2D eigenvalue weighted by Gasteiger charge is 2.06. The summed E-state index contributed by atoms with van der Waals surface area (Å²) in [7, 11) is 1.41. The molecule has 0 aromatic heterocycles. The predicted octanol–water partition coefficient (Wildman–Crippen LogP) is 3.52. The van der Waals surface area contributed by atoms with Crippen LogP contribution >= 0.6 is 11.8 Å². The van der Waals surface area contributed by atoms with Crippen molar-refractivity contribution in [3.05, 3.63) is 65.2 Å². The number of methoxy groups -OCH3 is 1. The van der Waals surface area contributed by atoms with Gasteiger partial charge in [-0.2, -0.15) is 0 Å². The highest BCUT2D eigenvalue weighted by atomic mass is 32.2. The Morgan fingerprint density at radius 3 is 2.48 bits per heavy atom. The number of rotatable bonds is 7. The lowest BCUT2D eigenvalue weighted by Gasteiger charge is -2.07. The van der Waals surface area contributed by atoms with Crippen LogP contribution in [0.5, 0.6) is 5.75 Å². The maximum atomic E-state index is 13.5. The molecule has 0 aliphatic heterocycles. The fourth-order valence-electron chi connectivity index (χ4n) is 1.92. The molecule has 2 aromatic carbocycles. The molecule has 0 aliphatic rings. The van der Waals surface area contributed by atoms with Crippen molar-refractivity contribution in [3.63, 3.8) is 0 Å². The minimum atomic E-state index is -0.411. The molecule has 0 radical (unpaired) electrons. The molecule has 0 aliphatic carbocycles. The molecule has 1 N–H and O–H groups in total. The molecule has 0 fully saturated rings. The topological polar surface area (TPSA) is 38.3 Å². The number of halogens is 2. The quantitative estimate of drug-likeness (QED) is 0.840. The first-order chi connectivity index (χ1) is 11.1. The van der Waals surface area contributed by atoms with Gasteiger partial charge in [0, 0.05) is 12.3 Å². The van der Waals surface area contributed by atoms with Crippen molar-refractivity contribution in [2.75, 3.05) is 12.9 Å². The highest BCUT2D eigenvalue weighted by molar-refractivity contribution is 7.99. The molecule has 0 saturated carbocycles. The Balaban J connectivity index is 1.72. The number of benzene rings is 2. The summed E-state index contributed by atoms with van der Waals surface area (Å²) in [6.07, 6.45) is 0. The third kappa shape index (κ3) is 5.56. The first-order valence-corrected chi connectivity index (χ1v) is 8.15. The van der Waals surface area contributed by atoms with Crippen molar-refractivity contribution in [2.24, 2.45) is 0 Å². The lowest BCUT2D eigenvalue weighted by Crippen LogP contribution is -2.24. The molecule has 6 heteroatoms. The first kappa shape index (κ1) is 17.3. The fourth-order valence-corrected chi connectivity index (χ4v) is 2.72. The van der Waals surface area contributed by atoms with Crippen LogP contribution in [0, 0.1) is 11.6 Å². The second kappa shape index (κ2) is 8.53. The van der Waals surface area contributed by atoms with E-state index in [0.717, 1.165) is 11.1 Å². The van der Waals surface area contributed by atoms with Crippen LogP contribution in [0.1, 0.15) is 11.1 Å². The zero-order valence-electron chi connectivity index (χ0n) is 12.6. The molecule has 2 rings (SSSR count). The third-order valence-electron chi connectivity index (χ3n) is 3.12. The van der Waals surface area contributed by atoms with Crippen LogP contribution in [0.3, 0.4) is 0 Å². The Bertz CT molecular complexity index is 662. The van der Waals surface area contributed by atoms with Crippen molar-refractivity contribution in [2.45, 2.75) is 12.3 Å². The summed E-state index contributed by atoms with van der Waals surface area (Å²) in [6.45, 7) is 0.358. The van der Waals surface area contributed by atoms with Gasteiger partial charge in [0.25, 0.3) is 0 Å². The molecule has 2 aromatic rings. The first-order valence-electron chi connectivity index (χ1n) is 7.00. The van der Waals surface area contributed by atoms with Crippen molar-refractivity contribution < 1.29 is 18.3 Å². The summed E-state index contributed by atoms with van der Waals surface area (Å²) in [6, 6.07) is 10.7. The average molecular weight is 337 g/mol. The zero-order valence-corrected chi connectivity index (χ0v) is 13.5. The molecule has 0 saturated heterocycles. The van der Waals surface area contributed by atoms with Crippen LogP contribution in [-0.2, 0) is 17.1 Å². The van der Waals surface area contributed by atoms with Gasteiger partial charge in [-0.3, -0.25) is 4.79 Å². The van der Waals surface area contributed by atoms with Crippen molar-refractivity contribution in [3.8, 4) is 5.75 Å². The minimum Gasteiger partial charge on any atom is -0.494 e. The summed E-state index contributed by atoms with van der Waals surface area (Å²) < 4.78 is 31.2. The Morgan fingerprint density at radius 2 is 1.83 bits per heavy atom. The largest absolute Gasteiger partial charge is 0.494 e. The van der Waals surface area contributed by atoms with Gasteiger partial charge in [0.15, 0.2) is 11.6 Å². The number of amides is 1. The van der Waals surface area contributed by atoms with Crippen molar-refractivity contribution in [1.29, 1.82) is 0 Å². The summed E-state index contributed by atoms with van der Waals surface area (Å²) >= 11 is 1.39. The number of hydrogen-bond donors (Lipinski definition) is 1. The minimum absolute atomic E-state index is 0.117. The van der Waals surface area contributed by atoms with E-state index in [4.69, 9.17) is 4.74 Å². The third-order valence-corrected chi connectivity index (χ3v) is 4.12. The van der Waals surface area contributed by atoms with E-state index < -0.39 is 5.82 Å². The van der Waals surface area contributed by atoms with Crippen molar-refractivity contribution >= 4 is 17.7 Å². The number of ether oxygens (including phenoxy) is 1. The Kier molecular flexibility index (Phi) is 6.40. The maximum Gasteiger partial charge on any atom is 0.230 e. The summed E-state index contributed by atoms with van der Waals surface area (Å²) in [5, 5.41) is 2.76. The number of carbonyl (C=O) groups excluding carboxylic acids is 1. The normalized spacial score (nSPS) is 10.4. The Morgan fingerprint density at radius 1 is 1.13 bits per heavy atom. The van der Waals surface area contributed by atoms with Gasteiger partial charge >= 0.3 is 0 Å². The van der Waals surface area contributed by atoms with E-state index in [1.54, 1.807) is 24.3 Å². The molecule has 3 nitrogen and oxygen atoms in total. The van der Waals surface area contributed by atoms with Gasteiger partial charge in [0.1, 0.15) is 5.82 Å². The SMILES string of the molecule is COc1ccc(CSCC(=O)NCc2ccc(F)cc2)cc1F. The second-order valence-corrected chi connectivity index (χ2v) is 5.85. The van der Waals surface area contributed by atoms with Crippen LogP contribution in [0.2, 0.25) is 0 Å². The zero-order chi connectivity index (χ0) is 16.7. The smallest absolute Gasteiger partial charge is 0.230 e. The van der Waals surface area contributed by atoms with Gasteiger partial charge in [-0.15, -0.1) is 11.8 Å². The van der Waals surface area contributed by atoms with E-state index in [2.05, 4.69) is 5.32 Å². The Hall–Kier alpha value is -2.08. The molecule has 0 unspecified atom stereocenters. The fraction of sp³-hybridized carbons (Fsp3) is 0.235. The van der Waals surface area contributed by atoms with E-state index in [9.17, 15) is 13.6 Å². The molecule has 23 heavy (non-hydrogen) atoms.